The Labute approximate surface area is 168 Å². The van der Waals surface area contributed by atoms with Crippen molar-refractivity contribution in [2.75, 3.05) is 24.5 Å². The Kier molecular flexibility index (Phi) is 4.36. The summed E-state index contributed by atoms with van der Waals surface area (Å²) in [4.78, 5) is 29.9. The summed E-state index contributed by atoms with van der Waals surface area (Å²) in [5.41, 5.74) is 4.37. The van der Waals surface area contributed by atoms with Crippen LogP contribution in [0, 0.1) is 5.41 Å². The van der Waals surface area contributed by atoms with Crippen molar-refractivity contribution < 1.29 is 4.79 Å². The van der Waals surface area contributed by atoms with Crippen molar-refractivity contribution in [3.05, 3.63) is 47.7 Å². The zero-order valence-corrected chi connectivity index (χ0v) is 16.7. The van der Waals surface area contributed by atoms with Gasteiger partial charge in [0.2, 0.25) is 11.9 Å². The van der Waals surface area contributed by atoms with E-state index in [1.807, 2.05) is 5.51 Å². The fourth-order valence-electron chi connectivity index (χ4n) is 4.57. The van der Waals surface area contributed by atoms with Crippen LogP contribution >= 0.6 is 11.3 Å². The fraction of sp³-hybridized carbons (Fsp3) is 0.429. The number of nitrogens with zero attached hydrogens (tertiary/aromatic N) is 5. The summed E-state index contributed by atoms with van der Waals surface area (Å²) < 4.78 is 1.24. The second-order valence-electron chi connectivity index (χ2n) is 8.00. The first kappa shape index (κ1) is 17.7. The number of fused-ring (bicyclic) bond motifs is 1. The van der Waals surface area contributed by atoms with Gasteiger partial charge in [-0.25, -0.2) is 15.0 Å². The van der Waals surface area contributed by atoms with Crippen LogP contribution in [0.25, 0.3) is 10.2 Å². The van der Waals surface area contributed by atoms with Crippen molar-refractivity contribution in [1.82, 2.24) is 19.9 Å². The summed E-state index contributed by atoms with van der Waals surface area (Å²) in [6.45, 7) is 5.03. The summed E-state index contributed by atoms with van der Waals surface area (Å²) in [6, 6.07) is 8.76. The minimum absolute atomic E-state index is 0.0609. The van der Waals surface area contributed by atoms with Crippen molar-refractivity contribution in [3.63, 3.8) is 0 Å². The Balaban J connectivity index is 1.27. The molecule has 2 saturated heterocycles. The molecule has 5 rings (SSSR count). The van der Waals surface area contributed by atoms with E-state index >= 15 is 0 Å². The van der Waals surface area contributed by atoms with Gasteiger partial charge >= 0.3 is 0 Å². The van der Waals surface area contributed by atoms with Gasteiger partial charge in [0.15, 0.2) is 0 Å². The zero-order valence-electron chi connectivity index (χ0n) is 15.9. The molecule has 0 N–H and O–H groups in total. The van der Waals surface area contributed by atoms with Crippen LogP contribution in [-0.2, 0) is 4.79 Å². The molecule has 144 valence electrons. The Morgan fingerprint density at radius 1 is 1.14 bits per heavy atom. The summed E-state index contributed by atoms with van der Waals surface area (Å²) in [6.07, 6.45) is 6.07. The van der Waals surface area contributed by atoms with E-state index in [0.29, 0.717) is 18.4 Å². The number of carbonyl (C=O) groups excluding carboxylic acids is 1. The van der Waals surface area contributed by atoms with Gasteiger partial charge in [0.25, 0.3) is 0 Å². The number of likely N-dealkylation sites (tertiary alicyclic amines) is 1. The molecule has 2 fully saturated rings. The number of benzene rings is 1. The molecular formula is C21H23N5OS. The molecule has 2 aliphatic rings. The average Bonchev–Trinajstić information content (AvgIpc) is 3.32. The monoisotopic (exact) mass is 393 g/mol. The Morgan fingerprint density at radius 3 is 2.71 bits per heavy atom. The summed E-state index contributed by atoms with van der Waals surface area (Å²) >= 11 is 1.68. The van der Waals surface area contributed by atoms with Crippen LogP contribution in [0.4, 0.5) is 5.95 Å². The minimum Gasteiger partial charge on any atom is -0.297 e. The number of anilines is 1. The van der Waals surface area contributed by atoms with Gasteiger partial charge in [0.1, 0.15) is 0 Å². The van der Waals surface area contributed by atoms with E-state index in [2.05, 4.69) is 45.0 Å². The molecule has 1 atom stereocenters. The van der Waals surface area contributed by atoms with E-state index in [1.165, 1.54) is 10.3 Å². The molecule has 6 nitrogen and oxygen atoms in total. The SMILES string of the molecule is C[C@@H](c1ccc2scnc2c1)N1CCC2(CC1)CC(=O)N(c1ncccn1)C2. The number of hydrogen-bond donors (Lipinski definition) is 0. The number of aromatic nitrogens is 3. The van der Waals surface area contributed by atoms with Crippen LogP contribution in [0.5, 0.6) is 0 Å². The molecular weight excluding hydrogens is 370 g/mol. The second kappa shape index (κ2) is 6.90. The third-order valence-electron chi connectivity index (χ3n) is 6.36. The van der Waals surface area contributed by atoms with Gasteiger partial charge in [0, 0.05) is 31.4 Å². The van der Waals surface area contributed by atoms with Crippen LogP contribution in [0.1, 0.15) is 37.8 Å². The minimum atomic E-state index is 0.0609. The highest BCUT2D eigenvalue weighted by Gasteiger charge is 2.46. The molecule has 1 spiro atoms. The van der Waals surface area contributed by atoms with Crippen LogP contribution in [-0.4, -0.2) is 45.4 Å². The van der Waals surface area contributed by atoms with E-state index < -0.39 is 0 Å². The lowest BCUT2D eigenvalue weighted by Gasteiger charge is -2.41. The van der Waals surface area contributed by atoms with Gasteiger partial charge in [-0.2, -0.15) is 0 Å². The Hall–Kier alpha value is -2.38. The van der Waals surface area contributed by atoms with Gasteiger partial charge in [-0.1, -0.05) is 6.07 Å². The largest absolute Gasteiger partial charge is 0.297 e. The van der Waals surface area contributed by atoms with Crippen molar-refractivity contribution in [2.24, 2.45) is 5.41 Å². The molecule has 28 heavy (non-hydrogen) atoms. The lowest BCUT2D eigenvalue weighted by Crippen LogP contribution is -2.42. The number of rotatable bonds is 3. The number of piperidine rings is 1. The van der Waals surface area contributed by atoms with Crippen molar-refractivity contribution in [3.8, 4) is 0 Å². The molecule has 2 aliphatic heterocycles. The van der Waals surface area contributed by atoms with Crippen LogP contribution in [0.15, 0.2) is 42.2 Å². The number of carbonyl (C=O) groups is 1. The van der Waals surface area contributed by atoms with Gasteiger partial charge in [-0.3, -0.25) is 14.6 Å². The van der Waals surface area contributed by atoms with E-state index in [0.717, 1.165) is 38.0 Å². The number of amides is 1. The highest BCUT2D eigenvalue weighted by Crippen LogP contribution is 2.43. The number of hydrogen-bond acceptors (Lipinski definition) is 6. The molecule has 0 radical (unpaired) electrons. The topological polar surface area (TPSA) is 62.2 Å². The van der Waals surface area contributed by atoms with Gasteiger partial charge < -0.3 is 0 Å². The molecule has 1 amide bonds. The molecule has 2 aromatic heterocycles. The highest BCUT2D eigenvalue weighted by molar-refractivity contribution is 7.16. The third-order valence-corrected chi connectivity index (χ3v) is 7.17. The normalized spacial score (nSPS) is 20.9. The lowest BCUT2D eigenvalue weighted by molar-refractivity contribution is -0.118. The molecule has 7 heteroatoms. The molecule has 1 aromatic carbocycles. The standard InChI is InChI=1S/C21H23N5OS/c1-15(16-3-4-18-17(11-16)24-14-28-18)25-9-5-21(6-10-25)12-19(27)26(13-21)20-22-7-2-8-23-20/h2-4,7-8,11,14-15H,5-6,9-10,12-13H2,1H3/t15-/m0/s1. The number of thiazole rings is 1. The summed E-state index contributed by atoms with van der Waals surface area (Å²) in [5.74, 6) is 0.693. The lowest BCUT2D eigenvalue weighted by atomic mass is 9.77. The average molecular weight is 394 g/mol. The van der Waals surface area contributed by atoms with E-state index in [1.54, 1.807) is 34.7 Å². The van der Waals surface area contributed by atoms with Crippen molar-refractivity contribution in [1.29, 1.82) is 0 Å². The first-order valence-electron chi connectivity index (χ1n) is 9.78. The van der Waals surface area contributed by atoms with Gasteiger partial charge in [0.05, 0.1) is 15.7 Å². The summed E-state index contributed by atoms with van der Waals surface area (Å²) in [5, 5.41) is 0. The smallest absolute Gasteiger partial charge is 0.232 e. The van der Waals surface area contributed by atoms with Gasteiger partial charge in [-0.15, -0.1) is 11.3 Å². The van der Waals surface area contributed by atoms with Crippen molar-refractivity contribution in [2.45, 2.75) is 32.2 Å². The van der Waals surface area contributed by atoms with Crippen LogP contribution in [0.3, 0.4) is 0 Å². The maximum Gasteiger partial charge on any atom is 0.232 e. The Morgan fingerprint density at radius 2 is 1.93 bits per heavy atom. The maximum atomic E-state index is 12.6. The zero-order chi connectivity index (χ0) is 19.1. The first-order valence-corrected chi connectivity index (χ1v) is 10.7. The maximum absolute atomic E-state index is 12.6. The molecule has 0 bridgehead atoms. The Bertz CT molecular complexity index is 996. The molecule has 3 aromatic rings. The predicted octanol–water partition coefficient (Wildman–Crippen LogP) is 3.67. The fourth-order valence-corrected chi connectivity index (χ4v) is 5.23. The molecule has 4 heterocycles. The third kappa shape index (κ3) is 3.08. The van der Waals surface area contributed by atoms with Gasteiger partial charge in [-0.05, 0) is 62.0 Å². The second-order valence-corrected chi connectivity index (χ2v) is 8.88. The molecule has 0 aliphatic carbocycles. The predicted molar refractivity (Wildman–Crippen MR) is 110 cm³/mol. The molecule has 0 saturated carbocycles. The highest BCUT2D eigenvalue weighted by atomic mass is 32.1. The van der Waals surface area contributed by atoms with E-state index in [4.69, 9.17) is 0 Å². The van der Waals surface area contributed by atoms with E-state index in [9.17, 15) is 4.79 Å². The quantitative estimate of drug-likeness (QED) is 0.679. The molecule has 0 unspecified atom stereocenters. The van der Waals surface area contributed by atoms with Crippen LogP contribution in [0.2, 0.25) is 0 Å². The van der Waals surface area contributed by atoms with E-state index in [-0.39, 0.29) is 11.3 Å². The first-order chi connectivity index (χ1) is 13.6. The summed E-state index contributed by atoms with van der Waals surface area (Å²) in [7, 11) is 0. The van der Waals surface area contributed by atoms with Crippen LogP contribution < -0.4 is 4.90 Å². The van der Waals surface area contributed by atoms with Crippen molar-refractivity contribution >= 4 is 33.4 Å².